The molecule has 22 heavy (non-hydrogen) atoms. The highest BCUT2D eigenvalue weighted by molar-refractivity contribution is 7.96. The van der Waals surface area contributed by atoms with Crippen LogP contribution < -0.4 is 14.8 Å². The van der Waals surface area contributed by atoms with Crippen molar-refractivity contribution in [2.24, 2.45) is 0 Å². The lowest BCUT2D eigenvalue weighted by molar-refractivity contribution is 0.260. The minimum atomic E-state index is -0.296. The van der Waals surface area contributed by atoms with Gasteiger partial charge in [-0.25, -0.2) is 0 Å². The first-order chi connectivity index (χ1) is 10.7. The fourth-order valence-electron chi connectivity index (χ4n) is 1.84. The minimum Gasteiger partial charge on any atom is -0.494 e. The molecule has 0 aliphatic carbocycles. The number of nitrogens with one attached hydrogen (secondary N) is 1. The second-order valence-corrected chi connectivity index (χ2v) is 5.08. The first-order valence-electron chi connectivity index (χ1n) is 7.16. The van der Waals surface area contributed by atoms with Crippen LogP contribution in [0.3, 0.4) is 0 Å². The number of amides is 1. The normalized spacial score (nSPS) is 10.0. The molecule has 0 atom stereocenters. The van der Waals surface area contributed by atoms with Gasteiger partial charge in [0.15, 0.2) is 0 Å². The topological polar surface area (TPSA) is 47.6 Å². The molecule has 2 rings (SSSR count). The molecular weight excluding hydrogens is 298 g/mol. The number of hydrogen-bond acceptors (Lipinski definition) is 3. The van der Waals surface area contributed by atoms with E-state index < -0.39 is 0 Å². The van der Waals surface area contributed by atoms with Gasteiger partial charge in [0.1, 0.15) is 17.2 Å². The number of benzene rings is 2. The Hall–Kier alpha value is -2.14. The summed E-state index contributed by atoms with van der Waals surface area (Å²) < 4.78 is 11.3. The van der Waals surface area contributed by atoms with Gasteiger partial charge < -0.3 is 14.8 Å². The lowest BCUT2D eigenvalue weighted by atomic mass is 10.3. The third kappa shape index (κ3) is 6.10. The Morgan fingerprint density at radius 3 is 2.23 bits per heavy atom. The number of unbranched alkanes of at least 4 members (excludes halogenated alkanes) is 1. The second kappa shape index (κ2) is 9.00. The minimum absolute atomic E-state index is 0.296. The van der Waals surface area contributed by atoms with E-state index in [1.54, 1.807) is 0 Å². The third-order valence-corrected chi connectivity index (χ3v) is 3.08. The molecule has 0 bridgehead atoms. The van der Waals surface area contributed by atoms with Crippen LogP contribution in [0.25, 0.3) is 0 Å². The van der Waals surface area contributed by atoms with Crippen molar-refractivity contribution in [1.82, 2.24) is 5.32 Å². The molecule has 0 saturated carbocycles. The molecule has 116 valence electrons. The van der Waals surface area contributed by atoms with Crippen molar-refractivity contribution < 1.29 is 14.3 Å². The van der Waals surface area contributed by atoms with Crippen molar-refractivity contribution in [2.75, 3.05) is 13.2 Å². The van der Waals surface area contributed by atoms with Crippen LogP contribution in [-0.4, -0.2) is 18.4 Å². The molecule has 0 spiro atoms. The van der Waals surface area contributed by atoms with Crippen LogP contribution in [0.5, 0.6) is 17.2 Å². The fraction of sp³-hybridized carbons (Fsp3) is 0.235. The monoisotopic (exact) mass is 317 g/mol. The maximum Gasteiger partial charge on any atom is 0.275 e. The van der Waals surface area contributed by atoms with E-state index in [2.05, 4.69) is 17.9 Å². The molecule has 0 aliphatic rings. The summed E-state index contributed by atoms with van der Waals surface area (Å²) in [5, 5.41) is 2.33. The zero-order valence-corrected chi connectivity index (χ0v) is 13.1. The lowest BCUT2D eigenvalue weighted by Crippen LogP contribution is -2.18. The number of para-hydroxylation sites is 1. The van der Waals surface area contributed by atoms with Gasteiger partial charge in [-0.1, -0.05) is 30.8 Å². The van der Waals surface area contributed by atoms with Crippen molar-refractivity contribution in [1.29, 1.82) is 0 Å². The molecule has 1 amide bonds. The first-order valence-corrected chi connectivity index (χ1v) is 7.61. The summed E-state index contributed by atoms with van der Waals surface area (Å²) in [5.41, 5.74) is 0. The Balaban J connectivity index is 1.69. The molecule has 0 radical (unpaired) electrons. The van der Waals surface area contributed by atoms with Crippen LogP contribution in [0.1, 0.15) is 12.8 Å². The third-order valence-electron chi connectivity index (χ3n) is 2.92. The second-order valence-electron chi connectivity index (χ2n) is 4.67. The van der Waals surface area contributed by atoms with Gasteiger partial charge >= 0.3 is 0 Å². The number of hydrogen-bond donors (Lipinski definition) is 2. The highest BCUT2D eigenvalue weighted by Crippen LogP contribution is 2.23. The molecule has 4 nitrogen and oxygen atoms in total. The number of rotatable bonds is 8. The van der Waals surface area contributed by atoms with Crippen LogP contribution in [0, 0.1) is 0 Å². The van der Waals surface area contributed by atoms with Gasteiger partial charge in [-0.15, -0.1) is 0 Å². The van der Waals surface area contributed by atoms with Gasteiger partial charge in [-0.3, -0.25) is 4.79 Å². The average Bonchev–Trinajstić information content (AvgIpc) is 2.53. The largest absolute Gasteiger partial charge is 0.494 e. The van der Waals surface area contributed by atoms with Gasteiger partial charge in [0.05, 0.1) is 6.61 Å². The standard InChI is InChI=1S/C17H19NO3S/c19-17(22)18-12-4-5-13-20-14-8-10-16(11-9-14)21-15-6-2-1-3-7-15/h1-3,6-11H,4-5,12-13H2,(H2,18,19,22). The predicted molar refractivity (Wildman–Crippen MR) is 90.1 cm³/mol. The zero-order valence-electron chi connectivity index (χ0n) is 12.2. The summed E-state index contributed by atoms with van der Waals surface area (Å²) in [7, 11) is 0. The molecule has 0 heterocycles. The number of carbonyl (C=O) groups excluding carboxylic acids is 1. The van der Waals surface area contributed by atoms with E-state index in [0.717, 1.165) is 30.1 Å². The van der Waals surface area contributed by atoms with Gasteiger partial charge in [0, 0.05) is 6.54 Å². The molecule has 0 unspecified atom stereocenters. The van der Waals surface area contributed by atoms with E-state index in [1.807, 2.05) is 54.6 Å². The Morgan fingerprint density at radius 2 is 1.55 bits per heavy atom. The summed E-state index contributed by atoms with van der Waals surface area (Å²) in [5.74, 6) is 2.39. The maximum absolute atomic E-state index is 10.6. The quantitative estimate of drug-likeness (QED) is 0.564. The number of ether oxygens (including phenoxy) is 2. The van der Waals surface area contributed by atoms with Crippen molar-refractivity contribution in [2.45, 2.75) is 12.8 Å². The van der Waals surface area contributed by atoms with Crippen molar-refractivity contribution in [3.05, 3.63) is 54.6 Å². The Kier molecular flexibility index (Phi) is 6.64. The van der Waals surface area contributed by atoms with Crippen LogP contribution >= 0.6 is 12.6 Å². The Morgan fingerprint density at radius 1 is 0.909 bits per heavy atom. The SMILES string of the molecule is O=C(S)NCCCCOc1ccc(Oc2ccccc2)cc1. The molecule has 0 fully saturated rings. The van der Waals surface area contributed by atoms with Crippen molar-refractivity contribution in [3.63, 3.8) is 0 Å². The van der Waals surface area contributed by atoms with Gasteiger partial charge in [0.2, 0.25) is 0 Å². The van der Waals surface area contributed by atoms with Gasteiger partial charge in [-0.2, -0.15) is 0 Å². The summed E-state index contributed by atoms with van der Waals surface area (Å²) in [6, 6.07) is 17.2. The van der Waals surface area contributed by atoms with Crippen LogP contribution in [0.15, 0.2) is 54.6 Å². The summed E-state index contributed by atoms with van der Waals surface area (Å²) in [6.45, 7) is 1.23. The van der Waals surface area contributed by atoms with Crippen molar-refractivity contribution >= 4 is 17.9 Å². The molecule has 5 heteroatoms. The lowest BCUT2D eigenvalue weighted by Gasteiger charge is -2.08. The highest BCUT2D eigenvalue weighted by Gasteiger charge is 1.98. The molecule has 0 saturated heterocycles. The van der Waals surface area contributed by atoms with E-state index in [-0.39, 0.29) is 5.24 Å². The number of carbonyl (C=O) groups is 1. The first kappa shape index (κ1) is 16.2. The van der Waals surface area contributed by atoms with E-state index in [0.29, 0.717) is 13.2 Å². The maximum atomic E-state index is 10.6. The van der Waals surface area contributed by atoms with Gasteiger partial charge in [-0.05, 0) is 49.2 Å². The highest BCUT2D eigenvalue weighted by atomic mass is 32.1. The molecule has 1 N–H and O–H groups in total. The molecule has 2 aromatic carbocycles. The molecule has 0 aromatic heterocycles. The van der Waals surface area contributed by atoms with Crippen LogP contribution in [0.4, 0.5) is 4.79 Å². The molecule has 0 aliphatic heterocycles. The summed E-state index contributed by atoms with van der Waals surface area (Å²) in [6.07, 6.45) is 1.73. The molecular formula is C17H19NO3S. The predicted octanol–water partition coefficient (Wildman–Crippen LogP) is 4.28. The zero-order chi connectivity index (χ0) is 15.6. The van der Waals surface area contributed by atoms with E-state index in [1.165, 1.54) is 0 Å². The Labute approximate surface area is 135 Å². The number of thiol groups is 1. The van der Waals surface area contributed by atoms with Gasteiger partial charge in [0.25, 0.3) is 5.24 Å². The summed E-state index contributed by atoms with van der Waals surface area (Å²) in [4.78, 5) is 10.6. The van der Waals surface area contributed by atoms with Crippen LogP contribution in [-0.2, 0) is 0 Å². The van der Waals surface area contributed by atoms with E-state index in [9.17, 15) is 4.79 Å². The van der Waals surface area contributed by atoms with Crippen LogP contribution in [0.2, 0.25) is 0 Å². The van der Waals surface area contributed by atoms with Crippen molar-refractivity contribution in [3.8, 4) is 17.2 Å². The summed E-state index contributed by atoms with van der Waals surface area (Å²) >= 11 is 3.63. The molecule has 2 aromatic rings. The average molecular weight is 317 g/mol. The smallest absolute Gasteiger partial charge is 0.275 e. The Bertz CT molecular complexity index is 572. The van der Waals surface area contributed by atoms with E-state index >= 15 is 0 Å². The fourth-order valence-corrected chi connectivity index (χ4v) is 1.95. The van der Waals surface area contributed by atoms with E-state index in [4.69, 9.17) is 9.47 Å².